The van der Waals surface area contributed by atoms with Crippen molar-refractivity contribution in [1.29, 1.82) is 0 Å². The Hall–Kier alpha value is -2.30. The number of carbonyl (C=O) groups excluding carboxylic acids is 2. The molecule has 1 heterocycles. The van der Waals surface area contributed by atoms with Crippen molar-refractivity contribution in [3.05, 3.63) is 52.1 Å². The first kappa shape index (κ1) is 22.0. The standard InChI is InChI=1S/C18H20BrN3O5S/c1-4-27-18(24)13-6-7-15(14(19)9-13)28(25,26)22(3)11-17(23)21-16-8-5-12(2)10-20-16/h5-10H,4,11H2,1-3H3,(H,20,21,23). The van der Waals surface area contributed by atoms with Crippen molar-refractivity contribution in [2.75, 3.05) is 25.5 Å². The number of ether oxygens (including phenoxy) is 1. The lowest BCUT2D eigenvalue weighted by Gasteiger charge is -2.18. The Labute approximate surface area is 172 Å². The van der Waals surface area contributed by atoms with Gasteiger partial charge in [0, 0.05) is 17.7 Å². The first-order valence-corrected chi connectivity index (χ1v) is 10.5. The maximum absolute atomic E-state index is 12.8. The van der Waals surface area contributed by atoms with Gasteiger partial charge in [0.15, 0.2) is 0 Å². The zero-order valence-electron chi connectivity index (χ0n) is 15.6. The SMILES string of the molecule is CCOC(=O)c1ccc(S(=O)(=O)N(C)CC(=O)Nc2ccc(C)cn2)c(Br)c1. The minimum Gasteiger partial charge on any atom is -0.462 e. The van der Waals surface area contributed by atoms with Gasteiger partial charge in [-0.2, -0.15) is 4.31 Å². The largest absolute Gasteiger partial charge is 0.462 e. The topological polar surface area (TPSA) is 106 Å². The van der Waals surface area contributed by atoms with Crippen molar-refractivity contribution >= 4 is 43.6 Å². The van der Waals surface area contributed by atoms with Crippen molar-refractivity contribution in [2.24, 2.45) is 0 Å². The molecule has 2 rings (SSSR count). The Morgan fingerprint density at radius 2 is 1.96 bits per heavy atom. The molecule has 10 heteroatoms. The molecule has 1 aromatic carbocycles. The number of sulfonamides is 1. The van der Waals surface area contributed by atoms with Crippen LogP contribution in [0.2, 0.25) is 0 Å². The number of esters is 1. The Morgan fingerprint density at radius 1 is 1.25 bits per heavy atom. The van der Waals surface area contributed by atoms with Crippen LogP contribution in [0.25, 0.3) is 0 Å². The zero-order valence-corrected chi connectivity index (χ0v) is 18.0. The van der Waals surface area contributed by atoms with Gasteiger partial charge in [-0.05, 0) is 59.6 Å². The lowest BCUT2D eigenvalue weighted by molar-refractivity contribution is -0.116. The van der Waals surface area contributed by atoms with Crippen molar-refractivity contribution < 1.29 is 22.7 Å². The number of aryl methyl sites for hydroxylation is 1. The van der Waals surface area contributed by atoms with Crippen molar-refractivity contribution in [3.8, 4) is 0 Å². The third kappa shape index (κ3) is 5.37. The molecule has 0 saturated heterocycles. The van der Waals surface area contributed by atoms with E-state index in [1.165, 1.54) is 25.2 Å². The number of nitrogens with zero attached hydrogens (tertiary/aromatic N) is 2. The molecular formula is C18H20BrN3O5S. The van der Waals surface area contributed by atoms with Gasteiger partial charge in [-0.1, -0.05) is 6.07 Å². The highest BCUT2D eigenvalue weighted by molar-refractivity contribution is 9.10. The summed E-state index contributed by atoms with van der Waals surface area (Å²) in [6.45, 7) is 3.36. The van der Waals surface area contributed by atoms with Crippen molar-refractivity contribution in [3.63, 3.8) is 0 Å². The lowest BCUT2D eigenvalue weighted by atomic mass is 10.2. The molecule has 2 aromatic rings. The second kappa shape index (κ2) is 9.26. The average molecular weight is 470 g/mol. The molecule has 1 N–H and O–H groups in total. The van der Waals surface area contributed by atoms with Crippen LogP contribution in [0.1, 0.15) is 22.8 Å². The average Bonchev–Trinajstić information content (AvgIpc) is 2.63. The Balaban J connectivity index is 2.13. The maximum Gasteiger partial charge on any atom is 0.338 e. The monoisotopic (exact) mass is 469 g/mol. The first-order valence-electron chi connectivity index (χ1n) is 8.30. The molecule has 0 bridgehead atoms. The van der Waals surface area contributed by atoms with Crippen LogP contribution in [0, 0.1) is 6.92 Å². The Kier molecular flexibility index (Phi) is 7.28. The minimum atomic E-state index is -3.97. The molecule has 0 atom stereocenters. The summed E-state index contributed by atoms with van der Waals surface area (Å²) in [5, 5.41) is 2.55. The van der Waals surface area contributed by atoms with E-state index in [1.54, 1.807) is 25.3 Å². The van der Waals surface area contributed by atoms with E-state index in [0.717, 1.165) is 9.87 Å². The van der Waals surface area contributed by atoms with Gasteiger partial charge in [-0.15, -0.1) is 0 Å². The van der Waals surface area contributed by atoms with Crippen LogP contribution in [0.4, 0.5) is 5.82 Å². The number of amides is 1. The highest BCUT2D eigenvalue weighted by Gasteiger charge is 2.26. The second-order valence-corrected chi connectivity index (χ2v) is 8.76. The second-order valence-electron chi connectivity index (χ2n) is 5.90. The predicted octanol–water partition coefficient (Wildman–Crippen LogP) is 2.59. The highest BCUT2D eigenvalue weighted by atomic mass is 79.9. The van der Waals surface area contributed by atoms with E-state index in [1.807, 2.05) is 6.92 Å². The fourth-order valence-electron chi connectivity index (χ4n) is 2.23. The quantitative estimate of drug-likeness (QED) is 0.624. The third-order valence-electron chi connectivity index (χ3n) is 3.68. The van der Waals surface area contributed by atoms with E-state index in [2.05, 4.69) is 26.2 Å². The number of carbonyl (C=O) groups is 2. The van der Waals surface area contributed by atoms with Gasteiger partial charge in [0.2, 0.25) is 15.9 Å². The summed E-state index contributed by atoms with van der Waals surface area (Å²) < 4.78 is 31.6. The van der Waals surface area contributed by atoms with Gasteiger partial charge in [0.1, 0.15) is 5.82 Å². The van der Waals surface area contributed by atoms with Gasteiger partial charge in [0.25, 0.3) is 0 Å². The molecular weight excluding hydrogens is 450 g/mol. The number of hydrogen-bond donors (Lipinski definition) is 1. The number of halogens is 1. The molecule has 150 valence electrons. The number of likely N-dealkylation sites (N-methyl/N-ethyl adjacent to an activating group) is 1. The van der Waals surface area contributed by atoms with Gasteiger partial charge >= 0.3 is 5.97 Å². The first-order chi connectivity index (χ1) is 13.1. The Bertz CT molecular complexity index is 977. The molecule has 1 aromatic heterocycles. The van der Waals surface area contributed by atoms with E-state index in [4.69, 9.17) is 4.74 Å². The number of rotatable bonds is 7. The molecule has 8 nitrogen and oxygen atoms in total. The van der Waals surface area contributed by atoms with Crippen molar-refractivity contribution in [1.82, 2.24) is 9.29 Å². The van der Waals surface area contributed by atoms with E-state index in [0.29, 0.717) is 5.82 Å². The van der Waals surface area contributed by atoms with Crippen LogP contribution >= 0.6 is 15.9 Å². The Morgan fingerprint density at radius 3 is 2.54 bits per heavy atom. The summed E-state index contributed by atoms with van der Waals surface area (Å²) in [5.41, 5.74) is 1.16. The summed E-state index contributed by atoms with van der Waals surface area (Å²) in [6, 6.07) is 7.44. The molecule has 0 spiro atoms. The van der Waals surface area contributed by atoms with E-state index >= 15 is 0 Å². The summed E-state index contributed by atoms with van der Waals surface area (Å²) >= 11 is 3.17. The fourth-order valence-corrected chi connectivity index (χ4v) is 4.39. The molecule has 0 fully saturated rings. The summed E-state index contributed by atoms with van der Waals surface area (Å²) in [7, 11) is -2.67. The number of nitrogens with one attached hydrogen (secondary N) is 1. The minimum absolute atomic E-state index is 0.0655. The molecule has 0 aliphatic heterocycles. The molecule has 0 aliphatic carbocycles. The van der Waals surface area contributed by atoms with Crippen molar-refractivity contribution in [2.45, 2.75) is 18.7 Å². The normalized spacial score (nSPS) is 11.3. The molecule has 0 radical (unpaired) electrons. The highest BCUT2D eigenvalue weighted by Crippen LogP contribution is 2.26. The lowest BCUT2D eigenvalue weighted by Crippen LogP contribution is -2.35. The maximum atomic E-state index is 12.8. The number of pyridine rings is 1. The summed E-state index contributed by atoms with van der Waals surface area (Å²) in [4.78, 5) is 27.9. The predicted molar refractivity (Wildman–Crippen MR) is 108 cm³/mol. The van der Waals surface area contributed by atoms with E-state index < -0.39 is 28.4 Å². The number of aromatic nitrogens is 1. The van der Waals surface area contributed by atoms with Crippen LogP contribution < -0.4 is 5.32 Å². The van der Waals surface area contributed by atoms with Crippen LogP contribution in [0.15, 0.2) is 45.9 Å². The van der Waals surface area contributed by atoms with E-state index in [-0.39, 0.29) is 21.5 Å². The summed E-state index contributed by atoms with van der Waals surface area (Å²) in [6.07, 6.45) is 1.60. The van der Waals surface area contributed by atoms with Crippen LogP contribution in [-0.4, -0.2) is 49.8 Å². The van der Waals surface area contributed by atoms with Crippen LogP contribution in [-0.2, 0) is 19.6 Å². The van der Waals surface area contributed by atoms with Gasteiger partial charge < -0.3 is 10.1 Å². The number of anilines is 1. The molecule has 1 amide bonds. The van der Waals surface area contributed by atoms with Gasteiger partial charge in [-0.25, -0.2) is 18.2 Å². The number of benzene rings is 1. The molecule has 0 saturated carbocycles. The van der Waals surface area contributed by atoms with Crippen LogP contribution in [0.5, 0.6) is 0 Å². The van der Waals surface area contributed by atoms with Gasteiger partial charge in [0.05, 0.1) is 23.6 Å². The molecule has 0 unspecified atom stereocenters. The smallest absolute Gasteiger partial charge is 0.338 e. The van der Waals surface area contributed by atoms with Gasteiger partial charge in [-0.3, -0.25) is 4.79 Å². The fraction of sp³-hybridized carbons (Fsp3) is 0.278. The van der Waals surface area contributed by atoms with E-state index in [9.17, 15) is 18.0 Å². The zero-order chi connectivity index (χ0) is 20.9. The molecule has 28 heavy (non-hydrogen) atoms. The summed E-state index contributed by atoms with van der Waals surface area (Å²) in [5.74, 6) is -0.742. The third-order valence-corrected chi connectivity index (χ3v) is 6.46. The van der Waals surface area contributed by atoms with Crippen LogP contribution in [0.3, 0.4) is 0 Å². The molecule has 0 aliphatic rings. The number of hydrogen-bond acceptors (Lipinski definition) is 6.